The predicted octanol–water partition coefficient (Wildman–Crippen LogP) is 6.31. The Hall–Kier alpha value is -0.0740. The molecule has 2 aliphatic carbocycles. The van der Waals surface area contributed by atoms with Gasteiger partial charge in [-0.3, -0.25) is 0 Å². The van der Waals surface area contributed by atoms with Crippen molar-refractivity contribution in [3.63, 3.8) is 0 Å². The molecular formula is C20H22Cl2GeZr. The first-order valence-electron chi connectivity index (χ1n) is 7.99. The average molecular weight is 497 g/mol. The fourth-order valence-electron chi connectivity index (χ4n) is 3.91. The number of fused-ring (bicyclic) bond motifs is 3. The van der Waals surface area contributed by atoms with E-state index in [9.17, 15) is 0 Å². The van der Waals surface area contributed by atoms with Crippen molar-refractivity contribution in [1.29, 1.82) is 0 Å². The third kappa shape index (κ3) is 3.43. The minimum absolute atomic E-state index is 0. The Balaban J connectivity index is 0.00000104. The third-order valence-corrected chi connectivity index (χ3v) is 33.9. The molecule has 0 saturated heterocycles. The first-order valence-corrected chi connectivity index (χ1v) is 22.3. The Morgan fingerprint density at radius 3 is 1.88 bits per heavy atom. The quantitative estimate of drug-likeness (QED) is 0.427. The van der Waals surface area contributed by atoms with E-state index in [0.29, 0.717) is 0 Å². The normalized spacial score (nSPS) is 14.2. The summed E-state index contributed by atoms with van der Waals surface area (Å²) in [5.41, 5.74) is 6.29. The summed E-state index contributed by atoms with van der Waals surface area (Å²) >= 11 is -1.62. The van der Waals surface area contributed by atoms with Crippen molar-refractivity contribution in [3.05, 3.63) is 81.2 Å². The molecule has 0 heterocycles. The standard InChI is InChI=1S/C13H9.C5H5.C2H6Ge.2ClH.Zr/c1-3-7-12-10(5-1)9-11-6-2-4-8-13(11)12;1-2-4-5-3-1;1-3-2;;;/h1-9H;1-3H,4H2;1-2H3;2*1H;. The Bertz CT molecular complexity index is 803. The molecule has 0 fully saturated rings. The van der Waals surface area contributed by atoms with Gasteiger partial charge in [0, 0.05) is 0 Å². The number of hydrogen-bond acceptors (Lipinski definition) is 0. The zero-order chi connectivity index (χ0) is 15.1. The van der Waals surface area contributed by atoms with Crippen LogP contribution < -0.4 is 0 Å². The second-order valence-electron chi connectivity index (χ2n) is 6.35. The van der Waals surface area contributed by atoms with E-state index in [1.165, 1.54) is 17.5 Å². The average Bonchev–Trinajstić information content (AvgIpc) is 3.16. The number of allylic oxidation sites excluding steroid dienone is 4. The van der Waals surface area contributed by atoms with Gasteiger partial charge in [-0.05, 0) is 0 Å². The van der Waals surface area contributed by atoms with Gasteiger partial charge in [0.15, 0.2) is 0 Å². The first-order chi connectivity index (χ1) is 10.8. The van der Waals surface area contributed by atoms with Crippen LogP contribution in [0.1, 0.15) is 21.2 Å². The molecule has 0 unspecified atom stereocenters. The topological polar surface area (TPSA) is 0 Å². The van der Waals surface area contributed by atoms with Gasteiger partial charge in [0.05, 0.1) is 0 Å². The zero-order valence-corrected chi connectivity index (χ0v) is 20.1. The Morgan fingerprint density at radius 2 is 1.42 bits per heavy atom. The fraction of sp³-hybridized carbons (Fsp3) is 0.200. The van der Waals surface area contributed by atoms with Crippen LogP contribution in [0.2, 0.25) is 11.5 Å². The molecule has 2 aromatic carbocycles. The molecular weight excluding hydrogens is 475 g/mol. The molecule has 4 heteroatoms. The molecule has 4 rings (SSSR count). The van der Waals surface area contributed by atoms with Gasteiger partial charge in [-0.1, -0.05) is 0 Å². The van der Waals surface area contributed by atoms with Crippen molar-refractivity contribution in [2.75, 3.05) is 0 Å². The molecule has 0 aromatic heterocycles. The van der Waals surface area contributed by atoms with Gasteiger partial charge in [-0.2, -0.15) is 0 Å². The molecule has 2 aliphatic rings. The second-order valence-corrected chi connectivity index (χ2v) is 35.0. The summed E-state index contributed by atoms with van der Waals surface area (Å²) in [7, 11) is -0.912. The van der Waals surface area contributed by atoms with Crippen LogP contribution in [0.3, 0.4) is 0 Å². The Kier molecular flexibility index (Phi) is 7.20. The molecule has 2 aromatic rings. The van der Waals surface area contributed by atoms with Gasteiger partial charge in [0.25, 0.3) is 0 Å². The van der Waals surface area contributed by atoms with Crippen molar-refractivity contribution in [2.24, 2.45) is 0 Å². The molecule has 0 spiro atoms. The van der Waals surface area contributed by atoms with Gasteiger partial charge in [0.1, 0.15) is 0 Å². The summed E-state index contributed by atoms with van der Waals surface area (Å²) in [5.74, 6) is 5.24. The molecule has 24 heavy (non-hydrogen) atoms. The van der Waals surface area contributed by atoms with Crippen molar-refractivity contribution < 1.29 is 18.6 Å². The fourth-order valence-corrected chi connectivity index (χ4v) is 33.4. The van der Waals surface area contributed by atoms with Crippen molar-refractivity contribution in [2.45, 2.75) is 21.6 Å². The Morgan fingerprint density at radius 1 is 0.875 bits per heavy atom. The van der Waals surface area contributed by atoms with E-state index in [4.69, 9.17) is 0 Å². The van der Waals surface area contributed by atoms with Crippen LogP contribution in [-0.4, -0.2) is 9.98 Å². The van der Waals surface area contributed by atoms with Crippen molar-refractivity contribution >= 4 is 34.8 Å². The Labute approximate surface area is 166 Å². The molecule has 0 nitrogen and oxygen atoms in total. The minimum atomic E-state index is -1.62. The predicted molar refractivity (Wildman–Crippen MR) is 108 cm³/mol. The van der Waals surface area contributed by atoms with E-state index in [-0.39, 0.29) is 24.8 Å². The van der Waals surface area contributed by atoms with Crippen LogP contribution in [0, 0.1) is 0 Å². The molecule has 0 atom stereocenters. The van der Waals surface area contributed by atoms with Gasteiger partial charge >= 0.3 is 142 Å². The number of halogens is 2. The van der Waals surface area contributed by atoms with E-state index in [0.717, 1.165) is 3.63 Å². The van der Waals surface area contributed by atoms with E-state index in [1.807, 2.05) is 3.28 Å². The van der Waals surface area contributed by atoms with Crippen LogP contribution in [0.25, 0.3) is 11.1 Å². The van der Waals surface area contributed by atoms with E-state index in [1.54, 1.807) is 11.1 Å². The van der Waals surface area contributed by atoms with Gasteiger partial charge in [-0.15, -0.1) is 24.8 Å². The number of rotatable bonds is 2. The van der Waals surface area contributed by atoms with Crippen LogP contribution in [0.4, 0.5) is 0 Å². The zero-order valence-electron chi connectivity index (χ0n) is 14.0. The first kappa shape index (κ1) is 20.2. The summed E-state index contributed by atoms with van der Waals surface area (Å²) in [5, 5.41) is 0. The van der Waals surface area contributed by atoms with Gasteiger partial charge in [-0.25, -0.2) is 0 Å². The molecule has 124 valence electrons. The van der Waals surface area contributed by atoms with Crippen LogP contribution in [0.5, 0.6) is 0 Å². The van der Waals surface area contributed by atoms with Crippen LogP contribution in [-0.2, 0) is 18.6 Å². The molecule has 0 N–H and O–H groups in total. The maximum absolute atomic E-state index is 2.62. The van der Waals surface area contributed by atoms with E-state index < -0.39 is 28.6 Å². The molecule has 0 radical (unpaired) electrons. The summed E-state index contributed by atoms with van der Waals surface area (Å²) < 4.78 is 2.63. The monoisotopic (exact) mass is 496 g/mol. The summed E-state index contributed by atoms with van der Waals surface area (Å²) in [4.78, 5) is 0. The van der Waals surface area contributed by atoms with Gasteiger partial charge in [0.2, 0.25) is 0 Å². The molecule has 0 bridgehead atoms. The summed E-state index contributed by atoms with van der Waals surface area (Å²) in [6.45, 7) is 0. The summed E-state index contributed by atoms with van der Waals surface area (Å²) in [6, 6.07) is 18.4. The van der Waals surface area contributed by atoms with Crippen LogP contribution in [0.15, 0.2) is 70.0 Å². The summed E-state index contributed by atoms with van der Waals surface area (Å²) in [6.07, 6.45) is 8.37. The van der Waals surface area contributed by atoms with Crippen molar-refractivity contribution in [1.82, 2.24) is 0 Å². The molecule has 0 amide bonds. The third-order valence-electron chi connectivity index (χ3n) is 4.78. The SMILES string of the molecule is Cl.Cl.[CH3][Ge]([CH3])=[Zr]([C]1=CC=CC1)[CH]1c2ccccc2-c2ccccc21. The maximum atomic E-state index is 2.62. The van der Waals surface area contributed by atoms with E-state index in [2.05, 4.69) is 78.3 Å². The van der Waals surface area contributed by atoms with Crippen molar-refractivity contribution in [3.8, 4) is 11.1 Å². The van der Waals surface area contributed by atoms with Crippen LogP contribution >= 0.6 is 24.8 Å². The van der Waals surface area contributed by atoms with Gasteiger partial charge < -0.3 is 0 Å². The molecule has 0 aliphatic heterocycles. The second kappa shape index (κ2) is 8.54. The number of benzene rings is 2. The van der Waals surface area contributed by atoms with E-state index >= 15 is 0 Å². The number of hydrogen-bond donors (Lipinski definition) is 0. The molecule has 0 saturated carbocycles.